The summed E-state index contributed by atoms with van der Waals surface area (Å²) in [6.45, 7) is 0. The Labute approximate surface area is 111 Å². The number of fused-ring (bicyclic) bond motifs is 1. The van der Waals surface area contributed by atoms with Gasteiger partial charge in [0.1, 0.15) is 4.75 Å². The molecule has 0 saturated heterocycles. The van der Waals surface area contributed by atoms with Gasteiger partial charge in [-0.1, -0.05) is 18.2 Å². The van der Waals surface area contributed by atoms with E-state index in [1.54, 1.807) is 14.1 Å². The Morgan fingerprint density at radius 1 is 1.39 bits per heavy atom. The maximum atomic E-state index is 12.2. The molecule has 0 spiro atoms. The summed E-state index contributed by atoms with van der Waals surface area (Å²) >= 11 is 1.42. The lowest BCUT2D eigenvalue weighted by Crippen LogP contribution is -2.37. The molecule has 0 aliphatic carbocycles. The van der Waals surface area contributed by atoms with Crippen LogP contribution >= 0.6 is 11.8 Å². The lowest BCUT2D eigenvalue weighted by molar-refractivity contribution is -0.131. The van der Waals surface area contributed by atoms with Crippen LogP contribution in [0.4, 0.5) is 5.69 Å². The fourth-order valence-corrected chi connectivity index (χ4v) is 3.01. The van der Waals surface area contributed by atoms with Crippen LogP contribution in [0.15, 0.2) is 24.3 Å². The van der Waals surface area contributed by atoms with Crippen LogP contribution in [-0.2, 0) is 14.3 Å². The Morgan fingerprint density at radius 3 is 2.67 bits per heavy atom. The van der Waals surface area contributed by atoms with Crippen molar-refractivity contribution in [1.29, 1.82) is 0 Å². The summed E-state index contributed by atoms with van der Waals surface area (Å²) in [6, 6.07) is 7.55. The highest BCUT2D eigenvalue weighted by molar-refractivity contribution is 8.00. The molecular weight excluding hydrogens is 248 g/mol. The largest absolute Gasteiger partial charge is 0.349 e. The first-order chi connectivity index (χ1) is 8.51. The topological polar surface area (TPSA) is 49.4 Å². The average Bonchev–Trinajstić information content (AvgIpc) is 2.62. The fourth-order valence-electron chi connectivity index (χ4n) is 2.11. The number of thioether (sulfide) groups is 1. The van der Waals surface area contributed by atoms with Gasteiger partial charge in [0.05, 0.1) is 6.42 Å². The third kappa shape index (κ3) is 1.88. The molecule has 96 valence electrons. The van der Waals surface area contributed by atoms with Crippen molar-refractivity contribution in [3.8, 4) is 0 Å². The number of carbonyl (C=O) groups excluding carboxylic acids is 2. The molecule has 2 amide bonds. The zero-order valence-corrected chi connectivity index (χ0v) is 11.5. The summed E-state index contributed by atoms with van der Waals surface area (Å²) in [6.07, 6.45) is 2.05. The fraction of sp³-hybridized carbons (Fsp3) is 0.385. The molecule has 0 saturated carbocycles. The second kappa shape index (κ2) is 4.65. The minimum Gasteiger partial charge on any atom is -0.349 e. The number of rotatable bonds is 3. The van der Waals surface area contributed by atoms with Crippen molar-refractivity contribution in [2.24, 2.45) is 0 Å². The second-order valence-corrected chi connectivity index (χ2v) is 5.60. The Hall–Kier alpha value is -1.49. The minimum absolute atomic E-state index is 0.0452. The van der Waals surface area contributed by atoms with Crippen molar-refractivity contribution < 1.29 is 9.59 Å². The van der Waals surface area contributed by atoms with E-state index in [4.69, 9.17) is 0 Å². The lowest BCUT2D eigenvalue weighted by atomic mass is 9.95. The number of carbonyl (C=O) groups is 2. The zero-order valence-electron chi connectivity index (χ0n) is 10.7. The Kier molecular flexibility index (Phi) is 3.34. The van der Waals surface area contributed by atoms with Gasteiger partial charge < -0.3 is 10.2 Å². The highest BCUT2D eigenvalue weighted by Gasteiger charge is 2.47. The molecule has 0 aromatic heterocycles. The van der Waals surface area contributed by atoms with Gasteiger partial charge in [-0.15, -0.1) is 11.8 Å². The van der Waals surface area contributed by atoms with Crippen LogP contribution < -0.4 is 5.32 Å². The molecule has 4 nitrogen and oxygen atoms in total. The van der Waals surface area contributed by atoms with Gasteiger partial charge in [0.15, 0.2) is 0 Å². The molecule has 1 aliphatic rings. The SMILES string of the molecule is CS[C@@]1(CC(=O)N(C)C)C(=O)Nc2ccccc21. The highest BCUT2D eigenvalue weighted by Crippen LogP contribution is 2.47. The van der Waals surface area contributed by atoms with E-state index in [1.807, 2.05) is 30.5 Å². The Morgan fingerprint density at radius 2 is 2.06 bits per heavy atom. The van der Waals surface area contributed by atoms with Gasteiger partial charge >= 0.3 is 0 Å². The summed E-state index contributed by atoms with van der Waals surface area (Å²) < 4.78 is -0.794. The van der Waals surface area contributed by atoms with Crippen LogP contribution in [0.1, 0.15) is 12.0 Å². The van der Waals surface area contributed by atoms with E-state index >= 15 is 0 Å². The Balaban J connectivity index is 2.43. The maximum Gasteiger partial charge on any atom is 0.245 e. The average molecular weight is 264 g/mol. The van der Waals surface area contributed by atoms with Gasteiger partial charge in [-0.25, -0.2) is 0 Å². The number of hydrogen-bond acceptors (Lipinski definition) is 3. The van der Waals surface area contributed by atoms with Crippen molar-refractivity contribution in [1.82, 2.24) is 4.90 Å². The van der Waals surface area contributed by atoms with Crippen LogP contribution in [-0.4, -0.2) is 37.1 Å². The molecule has 18 heavy (non-hydrogen) atoms. The first kappa shape index (κ1) is 13.0. The minimum atomic E-state index is -0.794. The molecule has 1 N–H and O–H groups in total. The predicted molar refractivity (Wildman–Crippen MR) is 73.6 cm³/mol. The van der Waals surface area contributed by atoms with Crippen molar-refractivity contribution in [2.45, 2.75) is 11.2 Å². The molecule has 1 heterocycles. The van der Waals surface area contributed by atoms with E-state index in [1.165, 1.54) is 16.7 Å². The van der Waals surface area contributed by atoms with Crippen molar-refractivity contribution in [3.63, 3.8) is 0 Å². The van der Waals surface area contributed by atoms with Crippen molar-refractivity contribution >= 4 is 29.3 Å². The number of hydrogen-bond donors (Lipinski definition) is 1. The number of benzene rings is 1. The van der Waals surface area contributed by atoms with Gasteiger partial charge in [0.2, 0.25) is 11.8 Å². The number of para-hydroxylation sites is 1. The van der Waals surface area contributed by atoms with Gasteiger partial charge in [0.25, 0.3) is 0 Å². The third-order valence-corrected chi connectivity index (χ3v) is 4.47. The summed E-state index contributed by atoms with van der Waals surface area (Å²) in [5.41, 5.74) is 1.71. The first-order valence-corrected chi connectivity index (χ1v) is 6.90. The summed E-state index contributed by atoms with van der Waals surface area (Å²) in [7, 11) is 3.41. The van der Waals surface area contributed by atoms with Crippen molar-refractivity contribution in [2.75, 3.05) is 25.7 Å². The molecule has 5 heteroatoms. The van der Waals surface area contributed by atoms with Gasteiger partial charge in [-0.2, -0.15) is 0 Å². The number of anilines is 1. The summed E-state index contributed by atoms with van der Waals surface area (Å²) in [4.78, 5) is 25.7. The highest BCUT2D eigenvalue weighted by atomic mass is 32.2. The van der Waals surface area contributed by atoms with E-state index in [0.717, 1.165) is 11.3 Å². The third-order valence-electron chi connectivity index (χ3n) is 3.22. The smallest absolute Gasteiger partial charge is 0.245 e. The van der Waals surface area contributed by atoms with Crippen LogP contribution in [0.5, 0.6) is 0 Å². The predicted octanol–water partition coefficient (Wildman–Crippen LogP) is 1.68. The van der Waals surface area contributed by atoms with Crippen LogP contribution in [0.2, 0.25) is 0 Å². The molecule has 2 rings (SSSR count). The van der Waals surface area contributed by atoms with E-state index in [0.29, 0.717) is 0 Å². The molecule has 1 aromatic rings. The molecular formula is C13H16N2O2S. The molecule has 1 aromatic carbocycles. The standard InChI is InChI=1S/C13H16N2O2S/c1-15(2)11(16)8-13(18-3)9-6-4-5-7-10(9)14-12(13)17/h4-7H,8H2,1-3H3,(H,14,17)/t13-/m1/s1. The van der Waals surface area contributed by atoms with E-state index in [2.05, 4.69) is 5.32 Å². The normalized spacial score (nSPS) is 21.4. The van der Waals surface area contributed by atoms with Gasteiger partial charge in [0, 0.05) is 25.3 Å². The quantitative estimate of drug-likeness (QED) is 0.903. The van der Waals surface area contributed by atoms with Crippen LogP contribution in [0.25, 0.3) is 0 Å². The number of nitrogens with one attached hydrogen (secondary N) is 1. The molecule has 0 bridgehead atoms. The van der Waals surface area contributed by atoms with Crippen molar-refractivity contribution in [3.05, 3.63) is 29.8 Å². The van der Waals surface area contributed by atoms with Gasteiger partial charge in [-0.05, 0) is 12.3 Å². The summed E-state index contributed by atoms with van der Waals surface area (Å²) in [5, 5.41) is 2.85. The maximum absolute atomic E-state index is 12.2. The molecule has 0 unspecified atom stereocenters. The van der Waals surface area contributed by atoms with Crippen LogP contribution in [0.3, 0.4) is 0 Å². The molecule has 1 aliphatic heterocycles. The second-order valence-electron chi connectivity index (χ2n) is 4.50. The van der Waals surface area contributed by atoms with E-state index in [9.17, 15) is 9.59 Å². The monoisotopic (exact) mass is 264 g/mol. The van der Waals surface area contributed by atoms with Gasteiger partial charge in [-0.3, -0.25) is 9.59 Å². The van der Waals surface area contributed by atoms with E-state index < -0.39 is 4.75 Å². The van der Waals surface area contributed by atoms with E-state index in [-0.39, 0.29) is 18.2 Å². The number of amides is 2. The molecule has 0 fully saturated rings. The van der Waals surface area contributed by atoms with Crippen LogP contribution in [0, 0.1) is 0 Å². The number of nitrogens with zero attached hydrogens (tertiary/aromatic N) is 1. The summed E-state index contributed by atoms with van der Waals surface area (Å²) in [5.74, 6) is -0.150. The lowest BCUT2D eigenvalue weighted by Gasteiger charge is -2.26. The molecule has 1 atom stereocenters. The molecule has 0 radical (unpaired) electrons. The zero-order chi connectivity index (χ0) is 13.3. The first-order valence-electron chi connectivity index (χ1n) is 5.67. The Bertz CT molecular complexity index is 502.